The van der Waals surface area contributed by atoms with E-state index >= 15 is 0 Å². The molecule has 0 spiro atoms. The van der Waals surface area contributed by atoms with Crippen LogP contribution in [0.15, 0.2) is 23.4 Å². The molecule has 116 valence electrons. The van der Waals surface area contributed by atoms with Crippen molar-refractivity contribution in [2.45, 2.75) is 20.4 Å². The molecule has 21 heavy (non-hydrogen) atoms. The van der Waals surface area contributed by atoms with E-state index in [1.54, 1.807) is 26.0 Å². The number of amides is 1. The summed E-state index contributed by atoms with van der Waals surface area (Å²) in [7, 11) is 1.51. The number of rotatable bonds is 7. The number of oxime groups is 1. The zero-order chi connectivity index (χ0) is 16.0. The van der Waals surface area contributed by atoms with Crippen LogP contribution in [0.3, 0.4) is 0 Å². The number of nitrogens with zero attached hydrogens (tertiary/aromatic N) is 1. The van der Waals surface area contributed by atoms with E-state index in [0.717, 1.165) is 5.56 Å². The van der Waals surface area contributed by atoms with Crippen molar-refractivity contribution in [1.29, 1.82) is 0 Å². The molecule has 0 aliphatic carbocycles. The Morgan fingerprint density at radius 1 is 1.43 bits per heavy atom. The first-order valence-corrected chi connectivity index (χ1v) is 6.47. The highest BCUT2D eigenvalue weighted by Crippen LogP contribution is 2.20. The van der Waals surface area contributed by atoms with Crippen molar-refractivity contribution in [3.8, 4) is 5.75 Å². The number of methoxy groups -OCH3 is 1. The molecule has 1 aromatic rings. The fourth-order valence-corrected chi connectivity index (χ4v) is 1.72. The number of hydrogen-bond donors (Lipinski definition) is 4. The maximum absolute atomic E-state index is 11.2. The standard InChI is InChI=1S/C14H22N4O3/c1-14(2,13(16)19)8-17-7-9-4-5-10(12(15)18-20)11(6-9)21-3/h4-6,17,20H,7-8H2,1-3H3,(H2,15,18)(H2,16,19). The fourth-order valence-electron chi connectivity index (χ4n) is 1.72. The Kier molecular flexibility index (Phi) is 5.54. The first-order valence-electron chi connectivity index (χ1n) is 6.47. The van der Waals surface area contributed by atoms with E-state index in [2.05, 4.69) is 10.5 Å². The van der Waals surface area contributed by atoms with Gasteiger partial charge in [-0.3, -0.25) is 4.79 Å². The Labute approximate surface area is 123 Å². The van der Waals surface area contributed by atoms with Gasteiger partial charge in [0.25, 0.3) is 0 Å². The predicted molar refractivity (Wildman–Crippen MR) is 80.2 cm³/mol. The van der Waals surface area contributed by atoms with Crippen molar-refractivity contribution < 1.29 is 14.7 Å². The Bertz CT molecular complexity index is 541. The summed E-state index contributed by atoms with van der Waals surface area (Å²) in [5.74, 6) is 0.148. The summed E-state index contributed by atoms with van der Waals surface area (Å²) >= 11 is 0. The summed E-state index contributed by atoms with van der Waals surface area (Å²) in [4.78, 5) is 11.2. The summed E-state index contributed by atoms with van der Waals surface area (Å²) < 4.78 is 5.22. The fraction of sp³-hybridized carbons (Fsp3) is 0.429. The molecule has 1 rings (SSSR count). The highest BCUT2D eigenvalue weighted by Gasteiger charge is 2.24. The quantitative estimate of drug-likeness (QED) is 0.251. The van der Waals surface area contributed by atoms with E-state index in [0.29, 0.717) is 24.4 Å². The van der Waals surface area contributed by atoms with Crippen molar-refractivity contribution in [2.75, 3.05) is 13.7 Å². The lowest BCUT2D eigenvalue weighted by atomic mass is 9.93. The van der Waals surface area contributed by atoms with Crippen LogP contribution in [0.2, 0.25) is 0 Å². The number of hydrogen-bond acceptors (Lipinski definition) is 5. The van der Waals surface area contributed by atoms with Gasteiger partial charge in [-0.25, -0.2) is 0 Å². The molecule has 0 saturated heterocycles. The second kappa shape index (κ2) is 6.94. The van der Waals surface area contributed by atoms with Crippen molar-refractivity contribution in [3.63, 3.8) is 0 Å². The van der Waals surface area contributed by atoms with E-state index in [9.17, 15) is 4.79 Å². The third-order valence-electron chi connectivity index (χ3n) is 3.21. The number of primary amides is 1. The Morgan fingerprint density at radius 2 is 2.10 bits per heavy atom. The van der Waals surface area contributed by atoms with Gasteiger partial charge in [-0.05, 0) is 31.5 Å². The topological polar surface area (TPSA) is 123 Å². The molecule has 0 unspecified atom stereocenters. The lowest BCUT2D eigenvalue weighted by Crippen LogP contribution is -2.40. The summed E-state index contributed by atoms with van der Waals surface area (Å²) in [6.45, 7) is 4.57. The molecule has 6 N–H and O–H groups in total. The molecule has 0 heterocycles. The average Bonchev–Trinajstić information content (AvgIpc) is 2.45. The summed E-state index contributed by atoms with van der Waals surface area (Å²) in [5.41, 5.74) is 11.7. The van der Waals surface area contributed by atoms with Crippen molar-refractivity contribution in [2.24, 2.45) is 22.0 Å². The highest BCUT2D eigenvalue weighted by atomic mass is 16.5. The van der Waals surface area contributed by atoms with Gasteiger partial charge in [0.05, 0.1) is 18.1 Å². The van der Waals surface area contributed by atoms with Gasteiger partial charge in [0.1, 0.15) is 5.75 Å². The van der Waals surface area contributed by atoms with Crippen LogP contribution in [0, 0.1) is 5.41 Å². The minimum absolute atomic E-state index is 0.0128. The van der Waals surface area contributed by atoms with Crippen LogP contribution in [-0.2, 0) is 11.3 Å². The third-order valence-corrected chi connectivity index (χ3v) is 3.21. The maximum Gasteiger partial charge on any atom is 0.224 e. The van der Waals surface area contributed by atoms with E-state index in [4.69, 9.17) is 21.4 Å². The van der Waals surface area contributed by atoms with Gasteiger partial charge in [-0.1, -0.05) is 11.2 Å². The van der Waals surface area contributed by atoms with E-state index in [1.807, 2.05) is 6.07 Å². The number of nitrogens with two attached hydrogens (primary N) is 2. The molecule has 0 bridgehead atoms. The second-order valence-electron chi connectivity index (χ2n) is 5.37. The zero-order valence-corrected chi connectivity index (χ0v) is 12.5. The second-order valence-corrected chi connectivity index (χ2v) is 5.37. The largest absolute Gasteiger partial charge is 0.496 e. The smallest absolute Gasteiger partial charge is 0.224 e. The molecule has 0 saturated carbocycles. The Hall–Kier alpha value is -2.28. The first-order chi connectivity index (χ1) is 9.81. The van der Waals surface area contributed by atoms with Crippen LogP contribution < -0.4 is 21.5 Å². The highest BCUT2D eigenvalue weighted by molar-refractivity contribution is 5.99. The molecule has 7 heteroatoms. The normalized spacial score (nSPS) is 12.2. The number of ether oxygens (including phenoxy) is 1. The number of benzene rings is 1. The summed E-state index contributed by atoms with van der Waals surface area (Å²) in [5, 5.41) is 14.8. The summed E-state index contributed by atoms with van der Waals surface area (Å²) in [6.07, 6.45) is 0. The van der Waals surface area contributed by atoms with Crippen LogP contribution in [0.1, 0.15) is 25.0 Å². The van der Waals surface area contributed by atoms with Gasteiger partial charge in [-0.15, -0.1) is 0 Å². The van der Waals surface area contributed by atoms with Gasteiger partial charge < -0.3 is 26.7 Å². The average molecular weight is 294 g/mol. The van der Waals surface area contributed by atoms with E-state index in [-0.39, 0.29) is 11.7 Å². The molecule has 0 radical (unpaired) electrons. The van der Waals surface area contributed by atoms with Crippen LogP contribution in [0.4, 0.5) is 0 Å². The minimum Gasteiger partial charge on any atom is -0.496 e. The lowest BCUT2D eigenvalue weighted by Gasteiger charge is -2.21. The SMILES string of the molecule is COc1cc(CNCC(C)(C)C(N)=O)ccc1/C(N)=N/O. The van der Waals surface area contributed by atoms with Crippen LogP contribution >= 0.6 is 0 Å². The predicted octanol–water partition coefficient (Wildman–Crippen LogP) is 0.391. The molecule has 1 amide bonds. The van der Waals surface area contributed by atoms with Gasteiger partial charge >= 0.3 is 0 Å². The van der Waals surface area contributed by atoms with Gasteiger partial charge in [0, 0.05) is 13.1 Å². The Balaban J connectivity index is 2.76. The van der Waals surface area contributed by atoms with Crippen molar-refractivity contribution >= 4 is 11.7 Å². The third kappa shape index (κ3) is 4.35. The van der Waals surface area contributed by atoms with Crippen molar-refractivity contribution in [3.05, 3.63) is 29.3 Å². The number of amidine groups is 1. The van der Waals surface area contributed by atoms with Gasteiger partial charge in [0.2, 0.25) is 5.91 Å². The van der Waals surface area contributed by atoms with Gasteiger partial charge in [-0.2, -0.15) is 0 Å². The monoisotopic (exact) mass is 294 g/mol. The first kappa shape index (κ1) is 16.8. The molecule has 0 atom stereocenters. The lowest BCUT2D eigenvalue weighted by molar-refractivity contribution is -0.125. The molecule has 0 aliphatic rings. The molecule has 0 aliphatic heterocycles. The maximum atomic E-state index is 11.2. The molecule has 0 fully saturated rings. The molecule has 1 aromatic carbocycles. The number of nitrogens with one attached hydrogen (secondary N) is 1. The zero-order valence-electron chi connectivity index (χ0n) is 12.5. The molecule has 7 nitrogen and oxygen atoms in total. The molecule has 0 aromatic heterocycles. The molecular weight excluding hydrogens is 272 g/mol. The van der Waals surface area contributed by atoms with E-state index < -0.39 is 5.41 Å². The van der Waals surface area contributed by atoms with Crippen molar-refractivity contribution in [1.82, 2.24) is 5.32 Å². The Morgan fingerprint density at radius 3 is 2.62 bits per heavy atom. The van der Waals surface area contributed by atoms with Gasteiger partial charge in [0.15, 0.2) is 5.84 Å². The van der Waals surface area contributed by atoms with Crippen LogP contribution in [0.5, 0.6) is 5.75 Å². The van der Waals surface area contributed by atoms with Crippen LogP contribution in [-0.4, -0.2) is 30.6 Å². The van der Waals surface area contributed by atoms with Crippen LogP contribution in [0.25, 0.3) is 0 Å². The van der Waals surface area contributed by atoms with E-state index in [1.165, 1.54) is 7.11 Å². The minimum atomic E-state index is -0.613. The number of carbonyl (C=O) groups excluding carboxylic acids is 1. The molecular formula is C14H22N4O3. The summed E-state index contributed by atoms with van der Waals surface area (Å²) in [6, 6.07) is 5.34. The number of carbonyl (C=O) groups is 1.